The average Bonchev–Trinajstić information content (AvgIpc) is 3.14. The van der Waals surface area contributed by atoms with Gasteiger partial charge in [0.2, 0.25) is 5.09 Å². The number of rotatable bonds is 5. The number of fused-ring (bicyclic) bond motifs is 1. The number of benzene rings is 2. The molecular formula is C19H21N3O4S. The maximum atomic E-state index is 12.8. The molecule has 0 spiro atoms. The van der Waals surface area contributed by atoms with Crippen LogP contribution < -0.4 is 19.7 Å². The highest BCUT2D eigenvalue weighted by Gasteiger charge is 2.21. The van der Waals surface area contributed by atoms with E-state index in [0.717, 1.165) is 37.3 Å². The standard InChI is InChI=1S/C19H21N3O4S/c1-25-18-7-6-15(13-16(18)22-10-8-20-9-11-22)21-27(23,24)19-12-14-4-2-3-5-17(14)26-19/h2-7,12-13,20-21H,8-11H2,1H3. The van der Waals surface area contributed by atoms with Gasteiger partial charge >= 0.3 is 0 Å². The summed E-state index contributed by atoms with van der Waals surface area (Å²) in [6.45, 7) is 3.41. The van der Waals surface area contributed by atoms with E-state index in [-0.39, 0.29) is 5.09 Å². The monoisotopic (exact) mass is 387 g/mol. The molecule has 27 heavy (non-hydrogen) atoms. The number of hydrogen-bond donors (Lipinski definition) is 2. The molecule has 4 rings (SSSR count). The van der Waals surface area contributed by atoms with Crippen LogP contribution in [0.4, 0.5) is 11.4 Å². The van der Waals surface area contributed by atoms with E-state index in [4.69, 9.17) is 9.15 Å². The SMILES string of the molecule is COc1ccc(NS(=O)(=O)c2cc3ccccc3o2)cc1N1CCNCC1. The molecule has 1 aliphatic heterocycles. The second-order valence-corrected chi connectivity index (χ2v) is 7.95. The molecule has 142 valence electrons. The number of ether oxygens (including phenoxy) is 1. The van der Waals surface area contributed by atoms with Gasteiger partial charge in [-0.15, -0.1) is 0 Å². The highest BCUT2D eigenvalue weighted by molar-refractivity contribution is 7.92. The number of methoxy groups -OCH3 is 1. The minimum absolute atomic E-state index is 0.108. The van der Waals surface area contributed by atoms with Crippen LogP contribution in [0, 0.1) is 0 Å². The van der Waals surface area contributed by atoms with Crippen LogP contribution in [0.5, 0.6) is 5.75 Å². The summed E-state index contributed by atoms with van der Waals surface area (Å²) in [5.74, 6) is 0.712. The Labute approximate surface area is 158 Å². The minimum atomic E-state index is -3.83. The molecule has 1 aliphatic rings. The largest absolute Gasteiger partial charge is 0.495 e. The zero-order valence-corrected chi connectivity index (χ0v) is 15.8. The van der Waals surface area contributed by atoms with Crippen LogP contribution in [-0.2, 0) is 10.0 Å². The molecule has 0 aliphatic carbocycles. The number of hydrogen-bond acceptors (Lipinski definition) is 6. The first-order valence-electron chi connectivity index (χ1n) is 8.72. The predicted molar refractivity (Wildman–Crippen MR) is 105 cm³/mol. The van der Waals surface area contributed by atoms with E-state index >= 15 is 0 Å². The third kappa shape index (κ3) is 3.58. The van der Waals surface area contributed by atoms with E-state index in [9.17, 15) is 8.42 Å². The van der Waals surface area contributed by atoms with E-state index in [2.05, 4.69) is 14.9 Å². The highest BCUT2D eigenvalue weighted by Crippen LogP contribution is 2.33. The van der Waals surface area contributed by atoms with E-state index in [1.165, 1.54) is 6.07 Å². The number of piperazine rings is 1. The van der Waals surface area contributed by atoms with Crippen LogP contribution in [0.2, 0.25) is 0 Å². The third-order valence-corrected chi connectivity index (χ3v) is 5.79. The molecule has 0 saturated carbocycles. The molecular weight excluding hydrogens is 366 g/mol. The van der Waals surface area contributed by atoms with Crippen molar-refractivity contribution in [1.82, 2.24) is 5.32 Å². The molecule has 0 unspecified atom stereocenters. The zero-order chi connectivity index (χ0) is 18.9. The molecule has 1 saturated heterocycles. The fraction of sp³-hybridized carbons (Fsp3) is 0.263. The van der Waals surface area contributed by atoms with Gasteiger partial charge in [0.1, 0.15) is 11.3 Å². The Balaban J connectivity index is 1.64. The Morgan fingerprint density at radius 3 is 2.63 bits per heavy atom. The lowest BCUT2D eigenvalue weighted by Gasteiger charge is -2.30. The average molecular weight is 387 g/mol. The molecule has 0 amide bonds. The molecule has 0 radical (unpaired) electrons. The molecule has 1 aromatic heterocycles. The number of sulfonamides is 1. The maximum absolute atomic E-state index is 12.8. The molecule has 0 atom stereocenters. The fourth-order valence-corrected chi connectivity index (χ4v) is 4.22. The minimum Gasteiger partial charge on any atom is -0.495 e. The summed E-state index contributed by atoms with van der Waals surface area (Å²) in [4.78, 5) is 2.17. The summed E-state index contributed by atoms with van der Waals surface area (Å²) in [6.07, 6.45) is 0. The smallest absolute Gasteiger partial charge is 0.295 e. The van der Waals surface area contributed by atoms with Crippen molar-refractivity contribution in [1.29, 1.82) is 0 Å². The van der Waals surface area contributed by atoms with Crippen molar-refractivity contribution >= 4 is 32.4 Å². The van der Waals surface area contributed by atoms with Crippen molar-refractivity contribution in [3.63, 3.8) is 0 Å². The van der Waals surface area contributed by atoms with Gasteiger partial charge in [-0.2, -0.15) is 8.42 Å². The van der Waals surface area contributed by atoms with Gasteiger partial charge in [0.25, 0.3) is 10.0 Å². The number of nitrogens with one attached hydrogen (secondary N) is 2. The van der Waals surface area contributed by atoms with Gasteiger partial charge in [-0.3, -0.25) is 4.72 Å². The fourth-order valence-electron chi connectivity index (χ4n) is 3.20. The number of anilines is 2. The van der Waals surface area contributed by atoms with Gasteiger partial charge in [-0.05, 0) is 24.3 Å². The number of furan rings is 1. The quantitative estimate of drug-likeness (QED) is 0.700. The summed E-state index contributed by atoms with van der Waals surface area (Å²) in [5.41, 5.74) is 1.86. The zero-order valence-electron chi connectivity index (χ0n) is 14.9. The van der Waals surface area contributed by atoms with Crippen LogP contribution in [0.25, 0.3) is 11.0 Å². The summed E-state index contributed by atoms with van der Waals surface area (Å²) in [6, 6.07) is 14.0. The van der Waals surface area contributed by atoms with Crippen molar-refractivity contribution in [2.75, 3.05) is 42.9 Å². The normalized spacial score (nSPS) is 15.1. The number of nitrogens with zero attached hydrogens (tertiary/aromatic N) is 1. The summed E-state index contributed by atoms with van der Waals surface area (Å²) in [5, 5.41) is 3.94. The molecule has 7 nitrogen and oxygen atoms in total. The van der Waals surface area contributed by atoms with Gasteiger partial charge < -0.3 is 19.4 Å². The van der Waals surface area contributed by atoms with Crippen LogP contribution in [0.15, 0.2) is 58.0 Å². The lowest BCUT2D eigenvalue weighted by atomic mass is 10.2. The molecule has 2 N–H and O–H groups in total. The first kappa shape index (κ1) is 17.7. The highest BCUT2D eigenvalue weighted by atomic mass is 32.2. The predicted octanol–water partition coefficient (Wildman–Crippen LogP) is 2.65. The van der Waals surface area contributed by atoms with Crippen LogP contribution in [0.3, 0.4) is 0 Å². The van der Waals surface area contributed by atoms with Crippen LogP contribution in [0.1, 0.15) is 0 Å². The first-order valence-corrected chi connectivity index (χ1v) is 10.2. The van der Waals surface area contributed by atoms with E-state index in [0.29, 0.717) is 17.0 Å². The van der Waals surface area contributed by atoms with Crippen molar-refractivity contribution in [2.24, 2.45) is 0 Å². The van der Waals surface area contributed by atoms with Crippen molar-refractivity contribution in [3.05, 3.63) is 48.5 Å². The molecule has 1 fully saturated rings. The van der Waals surface area contributed by atoms with Gasteiger partial charge in [-0.1, -0.05) is 18.2 Å². The van der Waals surface area contributed by atoms with Crippen LogP contribution >= 0.6 is 0 Å². The van der Waals surface area contributed by atoms with Gasteiger partial charge in [0.05, 0.1) is 18.5 Å². The lowest BCUT2D eigenvalue weighted by molar-refractivity contribution is 0.413. The van der Waals surface area contributed by atoms with E-state index in [1.54, 1.807) is 37.4 Å². The maximum Gasteiger partial charge on any atom is 0.295 e. The van der Waals surface area contributed by atoms with E-state index in [1.807, 2.05) is 12.1 Å². The van der Waals surface area contributed by atoms with Crippen molar-refractivity contribution < 1.29 is 17.6 Å². The Morgan fingerprint density at radius 2 is 1.89 bits per heavy atom. The second-order valence-electron chi connectivity index (χ2n) is 6.33. The summed E-state index contributed by atoms with van der Waals surface area (Å²) < 4.78 is 39.1. The summed E-state index contributed by atoms with van der Waals surface area (Å²) >= 11 is 0. The topological polar surface area (TPSA) is 83.8 Å². The van der Waals surface area contributed by atoms with Crippen molar-refractivity contribution in [2.45, 2.75) is 5.09 Å². The van der Waals surface area contributed by atoms with Crippen LogP contribution in [-0.4, -0.2) is 41.7 Å². The Kier molecular flexibility index (Phi) is 4.67. The van der Waals surface area contributed by atoms with E-state index < -0.39 is 10.0 Å². The molecule has 8 heteroatoms. The molecule has 3 aromatic rings. The Hall–Kier alpha value is -2.71. The first-order chi connectivity index (χ1) is 13.1. The van der Waals surface area contributed by atoms with Crippen molar-refractivity contribution in [3.8, 4) is 5.75 Å². The molecule has 2 heterocycles. The second kappa shape index (κ2) is 7.13. The summed E-state index contributed by atoms with van der Waals surface area (Å²) in [7, 11) is -2.22. The third-order valence-electron chi connectivity index (χ3n) is 4.56. The molecule has 2 aromatic carbocycles. The van der Waals surface area contributed by atoms with Gasteiger partial charge in [0.15, 0.2) is 0 Å². The van der Waals surface area contributed by atoms with Gasteiger partial charge in [0, 0.05) is 37.6 Å². The van der Waals surface area contributed by atoms with Gasteiger partial charge in [-0.25, -0.2) is 0 Å². The Bertz CT molecular complexity index is 1020. The molecule has 0 bridgehead atoms. The number of para-hydroxylation sites is 1. The lowest BCUT2D eigenvalue weighted by Crippen LogP contribution is -2.43. The Morgan fingerprint density at radius 1 is 1.11 bits per heavy atom.